The van der Waals surface area contributed by atoms with E-state index in [1.807, 2.05) is 0 Å². The van der Waals surface area contributed by atoms with Crippen molar-refractivity contribution in [1.82, 2.24) is 4.90 Å². The van der Waals surface area contributed by atoms with Gasteiger partial charge in [-0.05, 0) is 37.0 Å². The lowest BCUT2D eigenvalue weighted by atomic mass is 10.2. The number of hydrogen-bond donors (Lipinski definition) is 0. The molecule has 1 aliphatic carbocycles. The summed E-state index contributed by atoms with van der Waals surface area (Å²) in [5.74, 6) is 3.04. The van der Waals surface area contributed by atoms with E-state index in [0.29, 0.717) is 28.1 Å². The van der Waals surface area contributed by atoms with Crippen molar-refractivity contribution in [3.05, 3.63) is 33.8 Å². The molecule has 0 saturated heterocycles. The average molecular weight is 282 g/mol. The summed E-state index contributed by atoms with van der Waals surface area (Å²) in [4.78, 5) is 14.0. The van der Waals surface area contributed by atoms with Crippen LogP contribution in [0, 0.1) is 18.3 Å². The zero-order valence-electron chi connectivity index (χ0n) is 9.83. The zero-order chi connectivity index (χ0) is 13.1. The second kappa shape index (κ2) is 5.65. The first-order valence-electron chi connectivity index (χ1n) is 5.79. The van der Waals surface area contributed by atoms with Crippen LogP contribution in [0.15, 0.2) is 18.2 Å². The van der Waals surface area contributed by atoms with Gasteiger partial charge in [0.2, 0.25) is 0 Å². The first-order chi connectivity index (χ1) is 8.61. The number of carbonyl (C=O) groups is 1. The maximum Gasteiger partial charge on any atom is 0.254 e. The van der Waals surface area contributed by atoms with Crippen molar-refractivity contribution in [3.8, 4) is 12.3 Å². The van der Waals surface area contributed by atoms with Crippen LogP contribution < -0.4 is 0 Å². The molecular formula is C14H13Cl2NO. The van der Waals surface area contributed by atoms with E-state index >= 15 is 0 Å². The highest BCUT2D eigenvalue weighted by Crippen LogP contribution is 2.30. The molecule has 1 aromatic rings. The van der Waals surface area contributed by atoms with E-state index in [2.05, 4.69) is 5.92 Å². The fraction of sp³-hybridized carbons (Fsp3) is 0.357. The maximum absolute atomic E-state index is 12.3. The van der Waals surface area contributed by atoms with Crippen molar-refractivity contribution in [1.29, 1.82) is 0 Å². The molecule has 0 aromatic heterocycles. The van der Waals surface area contributed by atoms with Crippen LogP contribution in [0.3, 0.4) is 0 Å². The summed E-state index contributed by atoms with van der Waals surface area (Å²) in [5.41, 5.74) is 0.528. The van der Waals surface area contributed by atoms with Gasteiger partial charge >= 0.3 is 0 Å². The van der Waals surface area contributed by atoms with Gasteiger partial charge in [-0.15, -0.1) is 6.42 Å². The van der Waals surface area contributed by atoms with Crippen LogP contribution in [0.4, 0.5) is 0 Å². The minimum absolute atomic E-state index is 0.0848. The van der Waals surface area contributed by atoms with E-state index in [4.69, 9.17) is 29.6 Å². The maximum atomic E-state index is 12.3. The molecular weight excluding hydrogens is 269 g/mol. The third-order valence-electron chi connectivity index (χ3n) is 2.91. The summed E-state index contributed by atoms with van der Waals surface area (Å²) in [7, 11) is 0. The normalized spacial score (nSPS) is 14.1. The molecule has 4 heteroatoms. The fourth-order valence-corrected chi connectivity index (χ4v) is 2.05. The molecule has 0 atom stereocenters. The molecule has 2 rings (SSSR count). The molecule has 1 amide bonds. The van der Waals surface area contributed by atoms with Crippen molar-refractivity contribution in [2.45, 2.75) is 12.8 Å². The lowest BCUT2D eigenvalue weighted by Crippen LogP contribution is -2.33. The molecule has 0 bridgehead atoms. The number of nitrogens with zero attached hydrogens (tertiary/aromatic N) is 1. The van der Waals surface area contributed by atoms with Crippen molar-refractivity contribution in [2.24, 2.45) is 5.92 Å². The molecule has 18 heavy (non-hydrogen) atoms. The molecule has 0 spiro atoms. The van der Waals surface area contributed by atoms with Gasteiger partial charge in [-0.25, -0.2) is 0 Å². The predicted molar refractivity (Wildman–Crippen MR) is 73.9 cm³/mol. The third-order valence-corrected chi connectivity index (χ3v) is 3.65. The van der Waals surface area contributed by atoms with Gasteiger partial charge in [-0.3, -0.25) is 4.79 Å². The summed E-state index contributed by atoms with van der Waals surface area (Å²) in [6.45, 7) is 1.05. The van der Waals surface area contributed by atoms with Gasteiger partial charge in [0.05, 0.1) is 16.6 Å². The lowest BCUT2D eigenvalue weighted by Gasteiger charge is -2.20. The lowest BCUT2D eigenvalue weighted by molar-refractivity contribution is 0.0770. The van der Waals surface area contributed by atoms with Crippen molar-refractivity contribution in [3.63, 3.8) is 0 Å². The summed E-state index contributed by atoms with van der Waals surface area (Å²) < 4.78 is 0. The Morgan fingerprint density at radius 3 is 2.67 bits per heavy atom. The molecule has 0 aliphatic heterocycles. The minimum Gasteiger partial charge on any atom is -0.327 e. The van der Waals surface area contributed by atoms with Gasteiger partial charge in [0.25, 0.3) is 5.91 Å². The van der Waals surface area contributed by atoms with Gasteiger partial charge in [0.1, 0.15) is 0 Å². The number of benzene rings is 1. The number of hydrogen-bond acceptors (Lipinski definition) is 1. The van der Waals surface area contributed by atoms with E-state index in [1.54, 1.807) is 23.1 Å². The smallest absolute Gasteiger partial charge is 0.254 e. The fourth-order valence-electron chi connectivity index (χ4n) is 1.75. The Labute approximate surface area is 117 Å². The topological polar surface area (TPSA) is 20.3 Å². The van der Waals surface area contributed by atoms with Gasteiger partial charge in [0.15, 0.2) is 0 Å². The second-order valence-electron chi connectivity index (χ2n) is 4.46. The third kappa shape index (κ3) is 3.19. The Hall–Kier alpha value is -1.17. The van der Waals surface area contributed by atoms with Crippen molar-refractivity contribution >= 4 is 29.1 Å². The quantitative estimate of drug-likeness (QED) is 0.774. The molecule has 0 radical (unpaired) electrons. The number of amides is 1. The number of halogens is 2. The summed E-state index contributed by atoms with van der Waals surface area (Å²) in [5, 5.41) is 0.827. The van der Waals surface area contributed by atoms with E-state index in [0.717, 1.165) is 6.54 Å². The van der Waals surface area contributed by atoms with Crippen LogP contribution in [0.2, 0.25) is 10.0 Å². The van der Waals surface area contributed by atoms with Crippen molar-refractivity contribution < 1.29 is 4.79 Å². The number of carbonyl (C=O) groups excluding carboxylic acids is 1. The van der Waals surface area contributed by atoms with Crippen LogP contribution in [-0.2, 0) is 0 Å². The molecule has 94 valence electrons. The molecule has 2 nitrogen and oxygen atoms in total. The summed E-state index contributed by atoms with van der Waals surface area (Å²) >= 11 is 11.7. The van der Waals surface area contributed by atoms with Gasteiger partial charge in [-0.2, -0.15) is 0 Å². The zero-order valence-corrected chi connectivity index (χ0v) is 11.3. The molecule has 1 aromatic carbocycles. The van der Waals surface area contributed by atoms with E-state index in [9.17, 15) is 4.79 Å². The Bertz CT molecular complexity index is 503. The summed E-state index contributed by atoms with van der Waals surface area (Å²) in [6, 6.07) is 4.89. The standard InChI is InChI=1S/C14H13Cl2NO/c1-2-7-17(9-10-3-4-10)14(18)11-5-6-12(15)13(16)8-11/h1,5-6,8,10H,3-4,7,9H2. The monoisotopic (exact) mass is 281 g/mol. The highest BCUT2D eigenvalue weighted by molar-refractivity contribution is 6.42. The molecule has 1 saturated carbocycles. The molecule has 0 unspecified atom stereocenters. The van der Waals surface area contributed by atoms with Crippen LogP contribution in [0.1, 0.15) is 23.2 Å². The largest absolute Gasteiger partial charge is 0.327 e. The highest BCUT2D eigenvalue weighted by atomic mass is 35.5. The second-order valence-corrected chi connectivity index (χ2v) is 5.28. The molecule has 1 fully saturated rings. The average Bonchev–Trinajstić information content (AvgIpc) is 3.15. The van der Waals surface area contributed by atoms with E-state index in [1.165, 1.54) is 12.8 Å². The van der Waals surface area contributed by atoms with Crippen LogP contribution in [0.5, 0.6) is 0 Å². The van der Waals surface area contributed by atoms with Gasteiger partial charge in [0, 0.05) is 12.1 Å². The first kappa shape index (κ1) is 13.3. The van der Waals surface area contributed by atoms with Gasteiger partial charge in [-0.1, -0.05) is 29.1 Å². The van der Waals surface area contributed by atoms with E-state index in [-0.39, 0.29) is 5.91 Å². The highest BCUT2D eigenvalue weighted by Gasteiger charge is 2.27. The number of terminal acetylenes is 1. The molecule has 0 heterocycles. The number of rotatable bonds is 4. The summed E-state index contributed by atoms with van der Waals surface area (Å²) in [6.07, 6.45) is 7.66. The van der Waals surface area contributed by atoms with Crippen LogP contribution in [0.25, 0.3) is 0 Å². The Morgan fingerprint density at radius 1 is 1.39 bits per heavy atom. The minimum atomic E-state index is -0.0848. The van der Waals surface area contributed by atoms with E-state index < -0.39 is 0 Å². The Balaban J connectivity index is 2.15. The van der Waals surface area contributed by atoms with Crippen molar-refractivity contribution in [2.75, 3.05) is 13.1 Å². The van der Waals surface area contributed by atoms with Gasteiger partial charge < -0.3 is 4.90 Å². The first-order valence-corrected chi connectivity index (χ1v) is 6.55. The SMILES string of the molecule is C#CCN(CC1CC1)C(=O)c1ccc(Cl)c(Cl)c1. The molecule has 1 aliphatic rings. The Morgan fingerprint density at radius 2 is 2.11 bits per heavy atom. The predicted octanol–water partition coefficient (Wildman–Crippen LogP) is 3.48. The van der Waals surface area contributed by atoms with Crippen LogP contribution >= 0.6 is 23.2 Å². The Kier molecular flexibility index (Phi) is 4.16. The molecule has 0 N–H and O–H groups in total. The van der Waals surface area contributed by atoms with Crippen LogP contribution in [-0.4, -0.2) is 23.9 Å².